The second kappa shape index (κ2) is 7.68. The molecule has 0 radical (unpaired) electrons. The van der Waals surface area contributed by atoms with E-state index in [2.05, 4.69) is 40.0 Å². The molecule has 0 saturated heterocycles. The van der Waals surface area contributed by atoms with Crippen LogP contribution in [-0.4, -0.2) is 17.6 Å². The molecule has 2 nitrogen and oxygen atoms in total. The standard InChI is InChI=1S/C16H25NOS/c1-6-11(3)12(4)15-14(10-18)9-8-13(7-2)16(17-15)19-5/h9-11,13H,6-8H2,1-5H3. The van der Waals surface area contributed by atoms with E-state index in [1.807, 2.05) is 0 Å². The fourth-order valence-electron chi connectivity index (χ4n) is 2.25. The maximum atomic E-state index is 11.3. The molecule has 0 fully saturated rings. The smallest absolute Gasteiger partial charge is 0.151 e. The Labute approximate surface area is 121 Å². The Hall–Kier alpha value is -0.830. The van der Waals surface area contributed by atoms with Gasteiger partial charge in [0.2, 0.25) is 0 Å². The van der Waals surface area contributed by atoms with E-state index in [0.29, 0.717) is 11.8 Å². The number of carbonyl (C=O) groups excluding carboxylic acids is 1. The van der Waals surface area contributed by atoms with Gasteiger partial charge in [-0.05, 0) is 43.9 Å². The molecule has 1 rings (SSSR count). The molecule has 19 heavy (non-hydrogen) atoms. The van der Waals surface area contributed by atoms with Gasteiger partial charge >= 0.3 is 0 Å². The van der Waals surface area contributed by atoms with Gasteiger partial charge in [-0.25, -0.2) is 4.99 Å². The van der Waals surface area contributed by atoms with Crippen molar-refractivity contribution in [1.29, 1.82) is 0 Å². The minimum absolute atomic E-state index is 0.451. The van der Waals surface area contributed by atoms with Gasteiger partial charge in [0.25, 0.3) is 0 Å². The van der Waals surface area contributed by atoms with Crippen LogP contribution in [-0.2, 0) is 4.79 Å². The molecule has 0 aromatic heterocycles. The summed E-state index contributed by atoms with van der Waals surface area (Å²) in [6.07, 6.45) is 8.15. The Balaban J connectivity index is 3.34. The monoisotopic (exact) mass is 279 g/mol. The van der Waals surface area contributed by atoms with E-state index in [1.54, 1.807) is 11.8 Å². The Kier molecular flexibility index (Phi) is 6.56. The maximum absolute atomic E-state index is 11.3. The first-order valence-corrected chi connectivity index (χ1v) is 8.30. The van der Waals surface area contributed by atoms with Crippen LogP contribution in [0.15, 0.2) is 27.9 Å². The van der Waals surface area contributed by atoms with Crippen molar-refractivity contribution >= 4 is 23.1 Å². The van der Waals surface area contributed by atoms with Crippen molar-refractivity contribution in [1.82, 2.24) is 0 Å². The Morgan fingerprint density at radius 3 is 2.74 bits per heavy atom. The summed E-state index contributed by atoms with van der Waals surface area (Å²) in [6.45, 7) is 8.65. The third-order valence-electron chi connectivity index (χ3n) is 4.02. The molecule has 106 valence electrons. The second-order valence-corrected chi connectivity index (χ2v) is 5.94. The highest BCUT2D eigenvalue weighted by Gasteiger charge is 2.20. The van der Waals surface area contributed by atoms with Gasteiger partial charge in [-0.1, -0.05) is 26.8 Å². The number of allylic oxidation sites excluding steroid dienone is 3. The third kappa shape index (κ3) is 3.82. The summed E-state index contributed by atoms with van der Waals surface area (Å²) >= 11 is 1.71. The molecule has 1 aliphatic heterocycles. The lowest BCUT2D eigenvalue weighted by molar-refractivity contribution is -0.104. The van der Waals surface area contributed by atoms with E-state index in [4.69, 9.17) is 4.99 Å². The molecule has 1 heterocycles. The van der Waals surface area contributed by atoms with Crippen LogP contribution in [0.1, 0.15) is 47.0 Å². The van der Waals surface area contributed by atoms with Gasteiger partial charge < -0.3 is 0 Å². The molecular formula is C16H25NOS. The van der Waals surface area contributed by atoms with Crippen LogP contribution < -0.4 is 0 Å². The molecule has 0 aromatic carbocycles. The molecular weight excluding hydrogens is 254 g/mol. The highest BCUT2D eigenvalue weighted by Crippen LogP contribution is 2.30. The lowest BCUT2D eigenvalue weighted by Crippen LogP contribution is -2.08. The zero-order valence-electron chi connectivity index (χ0n) is 12.7. The zero-order chi connectivity index (χ0) is 14.4. The first-order chi connectivity index (χ1) is 9.08. The molecule has 0 amide bonds. The molecule has 0 spiro atoms. The summed E-state index contributed by atoms with van der Waals surface area (Å²) in [5.74, 6) is 0.913. The van der Waals surface area contributed by atoms with Crippen molar-refractivity contribution in [2.75, 3.05) is 6.26 Å². The number of rotatable bonds is 4. The molecule has 0 N–H and O–H groups in total. The van der Waals surface area contributed by atoms with E-state index in [9.17, 15) is 4.79 Å². The van der Waals surface area contributed by atoms with Crippen molar-refractivity contribution < 1.29 is 4.79 Å². The average molecular weight is 279 g/mol. The molecule has 3 heteroatoms. The first-order valence-electron chi connectivity index (χ1n) is 7.07. The lowest BCUT2D eigenvalue weighted by atomic mass is 9.95. The van der Waals surface area contributed by atoms with Gasteiger partial charge in [0, 0.05) is 11.5 Å². The summed E-state index contributed by atoms with van der Waals surface area (Å²) in [5, 5.41) is 1.16. The van der Waals surface area contributed by atoms with Crippen LogP contribution >= 0.6 is 11.8 Å². The number of aldehydes is 1. The summed E-state index contributed by atoms with van der Waals surface area (Å²) in [4.78, 5) is 16.2. The fraction of sp³-hybridized carbons (Fsp3) is 0.625. The van der Waals surface area contributed by atoms with Crippen LogP contribution in [0.25, 0.3) is 0 Å². The van der Waals surface area contributed by atoms with Crippen LogP contribution in [0.2, 0.25) is 0 Å². The predicted octanol–water partition coefficient (Wildman–Crippen LogP) is 4.62. The average Bonchev–Trinajstić information content (AvgIpc) is 2.63. The number of thioether (sulfide) groups is 1. The minimum atomic E-state index is 0.451. The van der Waals surface area contributed by atoms with Gasteiger partial charge in [-0.2, -0.15) is 0 Å². The third-order valence-corrected chi connectivity index (χ3v) is 4.86. The van der Waals surface area contributed by atoms with Crippen molar-refractivity contribution in [2.45, 2.75) is 47.0 Å². The number of nitrogens with zero attached hydrogens (tertiary/aromatic N) is 1. The van der Waals surface area contributed by atoms with Crippen molar-refractivity contribution in [3.63, 3.8) is 0 Å². The maximum Gasteiger partial charge on any atom is 0.151 e. The lowest BCUT2D eigenvalue weighted by Gasteiger charge is -2.15. The largest absolute Gasteiger partial charge is 0.298 e. The summed E-state index contributed by atoms with van der Waals surface area (Å²) in [6, 6.07) is 0. The summed E-state index contributed by atoms with van der Waals surface area (Å²) in [5.41, 5.74) is 2.90. The van der Waals surface area contributed by atoms with Crippen molar-refractivity contribution in [3.8, 4) is 0 Å². The van der Waals surface area contributed by atoms with Gasteiger partial charge in [0.15, 0.2) is 6.29 Å². The van der Waals surface area contributed by atoms with E-state index in [-0.39, 0.29) is 0 Å². The second-order valence-electron chi connectivity index (χ2n) is 5.11. The Morgan fingerprint density at radius 1 is 1.58 bits per heavy atom. The molecule has 0 aliphatic carbocycles. The highest BCUT2D eigenvalue weighted by atomic mass is 32.2. The zero-order valence-corrected chi connectivity index (χ0v) is 13.5. The number of aliphatic imine (C=N–C) groups is 1. The van der Waals surface area contributed by atoms with Crippen molar-refractivity contribution in [2.24, 2.45) is 16.8 Å². The minimum Gasteiger partial charge on any atom is -0.298 e. The molecule has 2 atom stereocenters. The van der Waals surface area contributed by atoms with Gasteiger partial charge in [-0.15, -0.1) is 11.8 Å². The van der Waals surface area contributed by atoms with Crippen molar-refractivity contribution in [3.05, 3.63) is 22.9 Å². The summed E-state index contributed by atoms with van der Waals surface area (Å²) < 4.78 is 0. The molecule has 2 unspecified atom stereocenters. The topological polar surface area (TPSA) is 29.4 Å². The Morgan fingerprint density at radius 2 is 2.26 bits per heavy atom. The van der Waals surface area contributed by atoms with Crippen LogP contribution in [0.3, 0.4) is 0 Å². The van der Waals surface area contributed by atoms with Gasteiger partial charge in [0.05, 0.1) is 10.7 Å². The van der Waals surface area contributed by atoms with Gasteiger partial charge in [0.1, 0.15) is 0 Å². The number of hydrogen-bond acceptors (Lipinski definition) is 3. The Bertz CT molecular complexity index is 420. The number of hydrogen-bond donors (Lipinski definition) is 0. The normalized spacial score (nSPS) is 24.2. The molecule has 0 aromatic rings. The van der Waals surface area contributed by atoms with Gasteiger partial charge in [-0.3, -0.25) is 4.79 Å². The molecule has 0 bridgehead atoms. The van der Waals surface area contributed by atoms with Crippen LogP contribution in [0, 0.1) is 11.8 Å². The predicted molar refractivity (Wildman–Crippen MR) is 85.7 cm³/mol. The van der Waals surface area contributed by atoms with E-state index in [1.165, 1.54) is 5.57 Å². The van der Waals surface area contributed by atoms with Crippen LogP contribution in [0.5, 0.6) is 0 Å². The fourth-order valence-corrected chi connectivity index (χ4v) is 3.02. The molecule has 1 aliphatic rings. The number of carbonyl (C=O) groups is 1. The van der Waals surface area contributed by atoms with E-state index in [0.717, 1.165) is 41.9 Å². The van der Waals surface area contributed by atoms with E-state index >= 15 is 0 Å². The summed E-state index contributed by atoms with van der Waals surface area (Å²) in [7, 11) is 0. The highest BCUT2D eigenvalue weighted by molar-refractivity contribution is 8.13. The quantitative estimate of drug-likeness (QED) is 0.702. The molecule has 0 saturated carbocycles. The van der Waals surface area contributed by atoms with Crippen LogP contribution in [0.4, 0.5) is 0 Å². The first kappa shape index (κ1) is 16.2. The van der Waals surface area contributed by atoms with E-state index < -0.39 is 0 Å². The SMILES string of the molecule is CCC(C)C(C)=C1N=C(SC)C(CC)CC=C1C=O.